The van der Waals surface area contributed by atoms with E-state index in [9.17, 15) is 9.90 Å². The largest absolute Gasteiger partial charge is 0.548 e. The van der Waals surface area contributed by atoms with Crippen LogP contribution in [0.4, 0.5) is 5.69 Å². The molecule has 1 aliphatic carbocycles. The third kappa shape index (κ3) is 1.70. The zero-order chi connectivity index (χ0) is 12.9. The number of carbonyl (C=O) groups is 1. The van der Waals surface area contributed by atoms with Crippen molar-refractivity contribution in [3.8, 4) is 0 Å². The molecule has 3 nitrogen and oxygen atoms in total. The van der Waals surface area contributed by atoms with E-state index in [-0.39, 0.29) is 11.8 Å². The second kappa shape index (κ2) is 4.18. The lowest BCUT2D eigenvalue weighted by Crippen LogP contribution is -2.48. The first-order chi connectivity index (χ1) is 8.58. The highest BCUT2D eigenvalue weighted by Crippen LogP contribution is 2.48. The zero-order valence-electron chi connectivity index (χ0n) is 9.32. The lowest BCUT2D eigenvalue weighted by Gasteiger charge is -2.38. The number of hydrogen-bond acceptors (Lipinski definition) is 3. The topological polar surface area (TPSA) is 52.2 Å². The lowest BCUT2D eigenvalue weighted by molar-refractivity contribution is -0.308. The van der Waals surface area contributed by atoms with Crippen molar-refractivity contribution in [1.29, 1.82) is 0 Å². The average molecular weight is 283 g/mol. The number of carboxylic acid groups (broad SMARTS) is 1. The van der Waals surface area contributed by atoms with Gasteiger partial charge < -0.3 is 15.2 Å². The van der Waals surface area contributed by atoms with E-state index in [1.165, 1.54) is 0 Å². The number of nitrogens with one attached hydrogen (secondary N) is 1. The molecule has 0 unspecified atom stereocenters. The number of allylic oxidation sites excluding steroid dienone is 2. The summed E-state index contributed by atoms with van der Waals surface area (Å²) in [6.45, 7) is 0. The number of rotatable bonds is 1. The standard InChI is InChI=1S/C13H11Cl2NO2/c14-6-4-9(15)11-7-2-1-3-8(7)12(13(17)18)16-10(11)5-6/h1-2,4-5,7-8,12,16H,3H2,(H,17,18)/p-1/t7-,8+,12-/m0/s1. The molecule has 1 heterocycles. The predicted octanol–water partition coefficient (Wildman–Crippen LogP) is 2.20. The Labute approximate surface area is 114 Å². The molecule has 94 valence electrons. The summed E-state index contributed by atoms with van der Waals surface area (Å²) in [7, 11) is 0. The van der Waals surface area contributed by atoms with Gasteiger partial charge in [-0.2, -0.15) is 0 Å². The Morgan fingerprint density at radius 1 is 1.39 bits per heavy atom. The van der Waals surface area contributed by atoms with Gasteiger partial charge in [-0.3, -0.25) is 0 Å². The van der Waals surface area contributed by atoms with E-state index in [0.29, 0.717) is 22.2 Å². The smallest absolute Gasteiger partial charge is 0.0698 e. The van der Waals surface area contributed by atoms with Gasteiger partial charge >= 0.3 is 0 Å². The predicted molar refractivity (Wildman–Crippen MR) is 68.9 cm³/mol. The van der Waals surface area contributed by atoms with Crippen molar-refractivity contribution in [2.45, 2.75) is 18.4 Å². The summed E-state index contributed by atoms with van der Waals surface area (Å²) < 4.78 is 0. The number of anilines is 1. The van der Waals surface area contributed by atoms with Crippen LogP contribution in [0.3, 0.4) is 0 Å². The highest BCUT2D eigenvalue weighted by Gasteiger charge is 2.38. The fourth-order valence-electron chi connectivity index (χ4n) is 2.88. The molecule has 0 bridgehead atoms. The second-order valence-corrected chi connectivity index (χ2v) is 5.49. The van der Waals surface area contributed by atoms with Crippen LogP contribution in [0.1, 0.15) is 17.9 Å². The van der Waals surface area contributed by atoms with Crippen molar-refractivity contribution in [3.63, 3.8) is 0 Å². The van der Waals surface area contributed by atoms with Gasteiger partial charge in [0.2, 0.25) is 0 Å². The van der Waals surface area contributed by atoms with E-state index in [1.54, 1.807) is 12.1 Å². The normalized spacial score (nSPS) is 28.4. The number of carbonyl (C=O) groups excluding carboxylic acids is 1. The molecule has 0 amide bonds. The number of carboxylic acids is 1. The minimum Gasteiger partial charge on any atom is -0.548 e. The number of benzene rings is 1. The molecule has 18 heavy (non-hydrogen) atoms. The summed E-state index contributed by atoms with van der Waals surface area (Å²) in [5.74, 6) is -1.11. The molecule has 5 heteroatoms. The molecule has 0 fully saturated rings. The molecule has 0 spiro atoms. The molecule has 2 aliphatic rings. The Bertz CT molecular complexity index is 556. The van der Waals surface area contributed by atoms with Crippen molar-refractivity contribution < 1.29 is 9.90 Å². The quantitative estimate of drug-likeness (QED) is 0.804. The second-order valence-electron chi connectivity index (χ2n) is 4.64. The fourth-order valence-corrected chi connectivity index (χ4v) is 3.50. The minimum absolute atomic E-state index is 0.0221. The van der Waals surface area contributed by atoms with Crippen LogP contribution in [0.2, 0.25) is 10.0 Å². The molecule has 0 saturated carbocycles. The van der Waals surface area contributed by atoms with Crippen LogP contribution in [0.15, 0.2) is 24.3 Å². The molecule has 3 atom stereocenters. The van der Waals surface area contributed by atoms with Gasteiger partial charge in [0.15, 0.2) is 0 Å². The highest BCUT2D eigenvalue weighted by atomic mass is 35.5. The first-order valence-electron chi connectivity index (χ1n) is 5.71. The summed E-state index contributed by atoms with van der Waals surface area (Å²) in [5, 5.41) is 15.2. The molecular weight excluding hydrogens is 273 g/mol. The van der Waals surface area contributed by atoms with E-state index in [0.717, 1.165) is 5.56 Å². The SMILES string of the molecule is O=C([O-])[C@H]1Nc2cc(Cl)cc(Cl)c2[C@H]2C=CC[C@@H]12. The van der Waals surface area contributed by atoms with E-state index in [2.05, 4.69) is 5.32 Å². The summed E-state index contributed by atoms with van der Waals surface area (Å²) in [4.78, 5) is 11.2. The summed E-state index contributed by atoms with van der Waals surface area (Å²) >= 11 is 12.2. The Morgan fingerprint density at radius 3 is 2.89 bits per heavy atom. The summed E-state index contributed by atoms with van der Waals surface area (Å²) in [5.41, 5.74) is 1.62. The monoisotopic (exact) mass is 282 g/mol. The number of halogens is 2. The molecule has 0 radical (unpaired) electrons. The van der Waals surface area contributed by atoms with Gasteiger partial charge in [-0.1, -0.05) is 35.4 Å². The third-order valence-electron chi connectivity index (χ3n) is 3.63. The van der Waals surface area contributed by atoms with E-state index in [4.69, 9.17) is 23.2 Å². The Hall–Kier alpha value is -1.19. The molecule has 1 aliphatic heterocycles. The molecular formula is C13H10Cl2NO2-. The van der Waals surface area contributed by atoms with Crippen molar-refractivity contribution in [1.82, 2.24) is 0 Å². The van der Waals surface area contributed by atoms with Crippen LogP contribution in [-0.4, -0.2) is 12.0 Å². The third-order valence-corrected chi connectivity index (χ3v) is 4.16. The Morgan fingerprint density at radius 2 is 2.17 bits per heavy atom. The number of hydrogen-bond donors (Lipinski definition) is 1. The lowest BCUT2D eigenvalue weighted by atomic mass is 9.79. The average Bonchev–Trinajstić information content (AvgIpc) is 2.75. The van der Waals surface area contributed by atoms with Gasteiger partial charge in [-0.25, -0.2) is 0 Å². The first kappa shape index (κ1) is 11.9. The fraction of sp³-hybridized carbons (Fsp3) is 0.308. The minimum atomic E-state index is -1.09. The summed E-state index contributed by atoms with van der Waals surface area (Å²) in [6, 6.07) is 2.69. The molecule has 1 aromatic carbocycles. The zero-order valence-corrected chi connectivity index (χ0v) is 10.8. The van der Waals surface area contributed by atoms with Crippen LogP contribution >= 0.6 is 23.2 Å². The van der Waals surface area contributed by atoms with Gasteiger partial charge in [0.1, 0.15) is 0 Å². The molecule has 1 aromatic rings. The van der Waals surface area contributed by atoms with Crippen molar-refractivity contribution >= 4 is 34.9 Å². The maximum Gasteiger partial charge on any atom is 0.0698 e. The molecule has 0 saturated heterocycles. The van der Waals surface area contributed by atoms with Crippen molar-refractivity contribution in [2.24, 2.45) is 5.92 Å². The van der Waals surface area contributed by atoms with Crippen molar-refractivity contribution in [3.05, 3.63) is 39.9 Å². The van der Waals surface area contributed by atoms with Crippen LogP contribution < -0.4 is 10.4 Å². The summed E-state index contributed by atoms with van der Waals surface area (Å²) in [6.07, 6.45) is 4.72. The molecule has 3 rings (SSSR count). The van der Waals surface area contributed by atoms with Crippen LogP contribution in [-0.2, 0) is 4.79 Å². The van der Waals surface area contributed by atoms with Crippen LogP contribution in [0.5, 0.6) is 0 Å². The van der Waals surface area contributed by atoms with E-state index < -0.39 is 12.0 Å². The van der Waals surface area contributed by atoms with Gasteiger partial charge in [0.25, 0.3) is 0 Å². The van der Waals surface area contributed by atoms with Gasteiger partial charge in [-0.05, 0) is 24.5 Å². The van der Waals surface area contributed by atoms with Gasteiger partial charge in [0.05, 0.1) is 12.0 Å². The maximum atomic E-state index is 11.2. The van der Waals surface area contributed by atoms with Crippen LogP contribution in [0.25, 0.3) is 0 Å². The molecule has 0 aromatic heterocycles. The Balaban J connectivity index is 2.14. The maximum absolute atomic E-state index is 11.2. The van der Waals surface area contributed by atoms with E-state index in [1.807, 2.05) is 12.2 Å². The van der Waals surface area contributed by atoms with Crippen molar-refractivity contribution in [2.75, 3.05) is 5.32 Å². The number of aliphatic carboxylic acids is 1. The van der Waals surface area contributed by atoms with Gasteiger partial charge in [0, 0.05) is 27.2 Å². The van der Waals surface area contributed by atoms with Crippen LogP contribution in [0, 0.1) is 5.92 Å². The number of fused-ring (bicyclic) bond motifs is 3. The van der Waals surface area contributed by atoms with E-state index >= 15 is 0 Å². The first-order valence-corrected chi connectivity index (χ1v) is 6.46. The van der Waals surface area contributed by atoms with Gasteiger partial charge in [-0.15, -0.1) is 0 Å². The molecule has 1 N–H and O–H groups in total. The highest BCUT2D eigenvalue weighted by molar-refractivity contribution is 6.35. The Kier molecular flexibility index (Phi) is 2.76.